The lowest BCUT2D eigenvalue weighted by Gasteiger charge is -2.20. The zero-order valence-electron chi connectivity index (χ0n) is 23.4. The fourth-order valence-corrected chi connectivity index (χ4v) is 5.44. The van der Waals surface area contributed by atoms with E-state index in [0.29, 0.717) is 23.6 Å². The van der Waals surface area contributed by atoms with E-state index in [1.54, 1.807) is 18.3 Å². The molecule has 0 atom stereocenters. The molecule has 3 aromatic rings. The summed E-state index contributed by atoms with van der Waals surface area (Å²) in [4.78, 5) is 16.5. The van der Waals surface area contributed by atoms with Crippen molar-refractivity contribution in [3.63, 3.8) is 0 Å². The third kappa shape index (κ3) is 8.84. The van der Waals surface area contributed by atoms with Gasteiger partial charge in [0.2, 0.25) is 0 Å². The summed E-state index contributed by atoms with van der Waals surface area (Å²) in [5.74, 6) is 1.28. The Balaban J connectivity index is 1.86. The number of aromatic nitrogens is 2. The van der Waals surface area contributed by atoms with E-state index in [-0.39, 0.29) is 10.3 Å². The number of halogens is 3. The Morgan fingerprint density at radius 3 is 2.30 bits per heavy atom. The monoisotopic (exact) mass is 579 g/mol. The molecular weight excluding hydrogens is 543 g/mol. The molecule has 0 spiro atoms. The molecule has 218 valence electrons. The Hall–Kier alpha value is -3.34. The lowest BCUT2D eigenvalue weighted by atomic mass is 9.95. The van der Waals surface area contributed by atoms with Gasteiger partial charge in [-0.15, -0.1) is 0 Å². The number of alkyl halides is 3. The van der Waals surface area contributed by atoms with Crippen molar-refractivity contribution in [3.05, 3.63) is 71.8 Å². The number of hydrogen-bond donors (Lipinski definition) is 1. The fourth-order valence-electron chi connectivity index (χ4n) is 4.33. The van der Waals surface area contributed by atoms with Crippen LogP contribution in [0.3, 0.4) is 0 Å². The molecule has 40 heavy (non-hydrogen) atoms. The number of amides is 1. The highest BCUT2D eigenvalue weighted by atomic mass is 32.2. The number of ether oxygens (including phenoxy) is 1. The van der Waals surface area contributed by atoms with Gasteiger partial charge in [0.05, 0.1) is 11.5 Å². The highest BCUT2D eigenvalue weighted by Gasteiger charge is 2.27. The van der Waals surface area contributed by atoms with Crippen LogP contribution in [-0.4, -0.2) is 36.8 Å². The summed E-state index contributed by atoms with van der Waals surface area (Å²) in [7, 11) is -4.38. The van der Waals surface area contributed by atoms with Gasteiger partial charge in [-0.3, -0.25) is 0 Å². The summed E-state index contributed by atoms with van der Waals surface area (Å²) < 4.78 is 71.9. The lowest BCUT2D eigenvalue weighted by molar-refractivity contribution is -0.137. The Bertz CT molecular complexity index is 1410. The molecule has 3 rings (SSSR count). The number of nitrogens with one attached hydrogen (secondary N) is 1. The van der Waals surface area contributed by atoms with E-state index in [2.05, 4.69) is 48.9 Å². The largest absolute Gasteiger partial charge is 0.449 e. The summed E-state index contributed by atoms with van der Waals surface area (Å²) in [6.07, 6.45) is -2.91. The zero-order valence-corrected chi connectivity index (χ0v) is 24.2. The molecule has 1 heterocycles. The van der Waals surface area contributed by atoms with Crippen LogP contribution in [0.1, 0.15) is 64.4 Å². The zero-order chi connectivity index (χ0) is 29.7. The maximum atomic E-state index is 13.2. The van der Waals surface area contributed by atoms with Crippen LogP contribution in [-0.2, 0) is 33.1 Å². The maximum absolute atomic E-state index is 13.2. The predicted octanol–water partition coefficient (Wildman–Crippen LogP) is 6.85. The van der Waals surface area contributed by atoms with Crippen molar-refractivity contribution in [1.82, 2.24) is 14.3 Å². The normalized spacial score (nSPS) is 12.5. The smallest absolute Gasteiger partial charge is 0.421 e. The first-order valence-electron chi connectivity index (χ1n) is 13.1. The molecule has 0 bridgehead atoms. The molecule has 0 unspecified atom stereocenters. The van der Waals surface area contributed by atoms with Gasteiger partial charge >= 0.3 is 12.3 Å². The minimum Gasteiger partial charge on any atom is -0.449 e. The van der Waals surface area contributed by atoms with Crippen LogP contribution in [0.5, 0.6) is 0 Å². The number of imidazole rings is 1. The standard InChI is InChI=1S/C29H36F3N3O4S/c1-20(2)17-22-9-12-25(40(37,38)34-27(36)39-16-6-13-29(30,31)32)24(18-22)23-10-7-21(8-11-23)19-35-15-14-33-26(35)28(3,4)5/h7-12,14-15,18,20H,6,13,16-17,19H2,1-5H3,(H,34,36). The van der Waals surface area contributed by atoms with E-state index in [0.717, 1.165) is 23.4 Å². The second-order valence-electron chi connectivity index (χ2n) is 11.2. The molecular formula is C29H36F3N3O4S. The molecule has 0 aliphatic heterocycles. The number of sulfonamides is 1. The summed E-state index contributed by atoms with van der Waals surface area (Å²) >= 11 is 0. The number of hydrogen-bond acceptors (Lipinski definition) is 5. The molecule has 0 aliphatic rings. The second-order valence-corrected chi connectivity index (χ2v) is 12.9. The van der Waals surface area contributed by atoms with Crippen molar-refractivity contribution in [3.8, 4) is 11.1 Å². The van der Waals surface area contributed by atoms with Crippen LogP contribution < -0.4 is 4.72 Å². The van der Waals surface area contributed by atoms with Gasteiger partial charge in [0.15, 0.2) is 0 Å². The molecule has 1 N–H and O–H groups in total. The van der Waals surface area contributed by atoms with E-state index < -0.39 is 41.7 Å². The fraction of sp³-hybridized carbons (Fsp3) is 0.448. The van der Waals surface area contributed by atoms with Crippen molar-refractivity contribution in [1.29, 1.82) is 0 Å². The Labute approximate surface area is 233 Å². The first kappa shape index (κ1) is 31.2. The van der Waals surface area contributed by atoms with Crippen molar-refractivity contribution in [2.24, 2.45) is 5.92 Å². The van der Waals surface area contributed by atoms with Gasteiger partial charge in [0, 0.05) is 36.3 Å². The summed E-state index contributed by atoms with van der Waals surface area (Å²) in [6, 6.07) is 12.4. The minimum absolute atomic E-state index is 0.129. The molecule has 0 fully saturated rings. The molecule has 7 nitrogen and oxygen atoms in total. The number of carbonyl (C=O) groups is 1. The van der Waals surface area contributed by atoms with Crippen molar-refractivity contribution < 1.29 is 31.1 Å². The maximum Gasteiger partial charge on any atom is 0.421 e. The van der Waals surface area contributed by atoms with Gasteiger partial charge in [0.1, 0.15) is 5.82 Å². The van der Waals surface area contributed by atoms with E-state index in [1.165, 1.54) is 6.07 Å². The average Bonchev–Trinajstić information content (AvgIpc) is 3.30. The van der Waals surface area contributed by atoms with Crippen LogP contribution >= 0.6 is 0 Å². The van der Waals surface area contributed by atoms with Crippen LogP contribution in [0, 0.1) is 5.92 Å². The number of benzene rings is 2. The second kappa shape index (κ2) is 12.4. The highest BCUT2D eigenvalue weighted by Crippen LogP contribution is 2.30. The Morgan fingerprint density at radius 1 is 1.05 bits per heavy atom. The van der Waals surface area contributed by atoms with Gasteiger partial charge in [-0.05, 0) is 47.6 Å². The van der Waals surface area contributed by atoms with Crippen molar-refractivity contribution in [2.75, 3.05) is 6.61 Å². The predicted molar refractivity (Wildman–Crippen MR) is 147 cm³/mol. The Morgan fingerprint density at radius 2 is 1.70 bits per heavy atom. The van der Waals surface area contributed by atoms with Crippen molar-refractivity contribution in [2.45, 2.75) is 76.9 Å². The van der Waals surface area contributed by atoms with E-state index in [1.807, 2.05) is 35.2 Å². The molecule has 1 amide bonds. The summed E-state index contributed by atoms with van der Waals surface area (Å²) in [5, 5.41) is 0. The topological polar surface area (TPSA) is 90.3 Å². The van der Waals surface area contributed by atoms with E-state index >= 15 is 0 Å². The van der Waals surface area contributed by atoms with Gasteiger partial charge in [-0.25, -0.2) is 22.9 Å². The molecule has 0 radical (unpaired) electrons. The molecule has 0 aliphatic carbocycles. The first-order valence-corrected chi connectivity index (χ1v) is 14.5. The minimum atomic E-state index is -4.39. The average molecular weight is 580 g/mol. The van der Waals surface area contributed by atoms with Crippen LogP contribution in [0.25, 0.3) is 11.1 Å². The van der Waals surface area contributed by atoms with Gasteiger partial charge < -0.3 is 9.30 Å². The summed E-state index contributed by atoms with van der Waals surface area (Å²) in [5.41, 5.74) is 2.83. The summed E-state index contributed by atoms with van der Waals surface area (Å²) in [6.45, 7) is 10.4. The molecule has 0 saturated heterocycles. The highest BCUT2D eigenvalue weighted by molar-refractivity contribution is 7.90. The van der Waals surface area contributed by atoms with Gasteiger partial charge in [-0.2, -0.15) is 13.2 Å². The third-order valence-electron chi connectivity index (χ3n) is 6.04. The molecule has 11 heteroatoms. The number of rotatable bonds is 10. The molecule has 1 aromatic heterocycles. The SMILES string of the molecule is CC(C)Cc1ccc(S(=O)(=O)NC(=O)OCCCC(F)(F)F)c(-c2ccc(Cn3ccnc3C(C)(C)C)cc2)c1. The van der Waals surface area contributed by atoms with Gasteiger partial charge in [0.25, 0.3) is 10.0 Å². The van der Waals surface area contributed by atoms with Gasteiger partial charge in [-0.1, -0.05) is 65.0 Å². The van der Waals surface area contributed by atoms with Crippen molar-refractivity contribution >= 4 is 16.1 Å². The quantitative estimate of drug-likeness (QED) is 0.265. The van der Waals surface area contributed by atoms with Crippen LogP contribution in [0.4, 0.5) is 18.0 Å². The third-order valence-corrected chi connectivity index (χ3v) is 7.41. The van der Waals surface area contributed by atoms with E-state index in [4.69, 9.17) is 0 Å². The number of carbonyl (C=O) groups excluding carboxylic acids is 1. The first-order chi connectivity index (χ1) is 18.5. The van der Waals surface area contributed by atoms with E-state index in [9.17, 15) is 26.4 Å². The Kier molecular flexibility index (Phi) is 9.71. The van der Waals surface area contributed by atoms with Crippen LogP contribution in [0.15, 0.2) is 59.8 Å². The number of nitrogens with zero attached hydrogens (tertiary/aromatic N) is 2. The van der Waals surface area contributed by atoms with Crippen LogP contribution in [0.2, 0.25) is 0 Å². The molecule has 0 saturated carbocycles. The molecule has 2 aromatic carbocycles. The lowest BCUT2D eigenvalue weighted by Crippen LogP contribution is -2.32.